The van der Waals surface area contributed by atoms with E-state index in [9.17, 15) is 4.79 Å². The second kappa shape index (κ2) is 5.06. The van der Waals surface area contributed by atoms with Gasteiger partial charge in [-0.3, -0.25) is 4.98 Å². The molecule has 0 saturated carbocycles. The monoisotopic (exact) mass is 262 g/mol. The molecule has 1 aromatic heterocycles. The third kappa shape index (κ3) is 2.43. The van der Waals surface area contributed by atoms with Crippen molar-refractivity contribution in [1.29, 1.82) is 0 Å². The van der Waals surface area contributed by atoms with Gasteiger partial charge < -0.3 is 10.4 Å². The highest BCUT2D eigenvalue weighted by Crippen LogP contribution is 2.26. The smallest absolute Gasteiger partial charge is 0.339 e. The van der Waals surface area contributed by atoms with Crippen LogP contribution in [0.2, 0.25) is 0 Å². The highest BCUT2D eigenvalue weighted by molar-refractivity contribution is 6.29. The van der Waals surface area contributed by atoms with E-state index < -0.39 is 5.97 Å². The van der Waals surface area contributed by atoms with Crippen molar-refractivity contribution in [3.8, 4) is 0 Å². The Bertz CT molecular complexity index is 625. The van der Waals surface area contributed by atoms with E-state index in [4.69, 9.17) is 16.7 Å². The lowest BCUT2D eigenvalue weighted by Gasteiger charge is -2.11. The first kappa shape index (κ1) is 12.4. The number of aromatic nitrogens is 1. The molecule has 0 fully saturated rings. The van der Waals surface area contributed by atoms with Gasteiger partial charge in [0.25, 0.3) is 0 Å². The van der Waals surface area contributed by atoms with Gasteiger partial charge in [0.05, 0.1) is 17.7 Å². The molecule has 92 valence electrons. The fourth-order valence-corrected chi connectivity index (χ4v) is 1.75. The highest BCUT2D eigenvalue weighted by Gasteiger charge is 2.13. The molecule has 0 bridgehead atoms. The van der Waals surface area contributed by atoms with Crippen molar-refractivity contribution in [3.63, 3.8) is 0 Å². The van der Waals surface area contributed by atoms with Gasteiger partial charge in [0.2, 0.25) is 0 Å². The van der Waals surface area contributed by atoms with Crippen LogP contribution >= 0.6 is 11.6 Å². The number of anilines is 1. The second-order valence-electron chi connectivity index (χ2n) is 3.74. The third-order valence-electron chi connectivity index (χ3n) is 2.46. The number of fused-ring (bicyclic) bond motifs is 1. The predicted octanol–water partition coefficient (Wildman–Crippen LogP) is 3.10. The number of aromatic carboxylic acids is 1. The number of benzene rings is 1. The molecule has 1 aromatic carbocycles. The van der Waals surface area contributed by atoms with Gasteiger partial charge in [-0.2, -0.15) is 0 Å². The molecule has 0 aliphatic heterocycles. The van der Waals surface area contributed by atoms with E-state index in [1.54, 1.807) is 0 Å². The summed E-state index contributed by atoms with van der Waals surface area (Å²) in [5.74, 6) is -1.03. The number of nitrogens with one attached hydrogen (secondary N) is 1. The second-order valence-corrected chi connectivity index (χ2v) is 4.27. The number of nitrogens with zero attached hydrogens (tertiary/aromatic N) is 1. The van der Waals surface area contributed by atoms with Gasteiger partial charge in [0.1, 0.15) is 5.56 Å². The fourth-order valence-electron chi connectivity index (χ4n) is 1.68. The highest BCUT2D eigenvalue weighted by atomic mass is 35.5. The van der Waals surface area contributed by atoms with Crippen molar-refractivity contribution in [2.45, 2.75) is 0 Å². The Morgan fingerprint density at radius 3 is 2.83 bits per heavy atom. The molecule has 0 amide bonds. The van der Waals surface area contributed by atoms with Crippen molar-refractivity contribution >= 4 is 34.2 Å². The minimum atomic E-state index is -1.03. The quantitative estimate of drug-likeness (QED) is 0.889. The average Bonchev–Trinajstić information content (AvgIpc) is 2.35. The molecule has 0 unspecified atom stereocenters. The third-order valence-corrected chi connectivity index (χ3v) is 2.60. The summed E-state index contributed by atoms with van der Waals surface area (Å²) >= 11 is 5.69. The van der Waals surface area contributed by atoms with Gasteiger partial charge in [-0.25, -0.2) is 4.79 Å². The van der Waals surface area contributed by atoms with Crippen LogP contribution in [0.3, 0.4) is 0 Å². The molecule has 0 saturated heterocycles. The van der Waals surface area contributed by atoms with Gasteiger partial charge in [-0.1, -0.05) is 36.4 Å². The maximum Gasteiger partial charge on any atom is 0.339 e. The number of rotatable bonds is 4. The van der Waals surface area contributed by atoms with Crippen molar-refractivity contribution in [2.75, 3.05) is 11.9 Å². The molecule has 0 atom stereocenters. The average molecular weight is 263 g/mol. The Hall–Kier alpha value is -2.07. The topological polar surface area (TPSA) is 62.2 Å². The molecule has 2 aromatic rings. The molecule has 0 radical (unpaired) electrons. The van der Waals surface area contributed by atoms with Crippen LogP contribution < -0.4 is 5.32 Å². The fraction of sp³-hybridized carbons (Fsp3) is 0.0769. The van der Waals surface area contributed by atoms with Crippen LogP contribution in [-0.4, -0.2) is 22.6 Å². The Morgan fingerprint density at radius 2 is 2.17 bits per heavy atom. The summed E-state index contributed by atoms with van der Waals surface area (Å²) in [5, 5.41) is 13.3. The number of carboxylic acids is 1. The van der Waals surface area contributed by atoms with Crippen LogP contribution in [0.25, 0.3) is 10.9 Å². The summed E-state index contributed by atoms with van der Waals surface area (Å²) in [4.78, 5) is 15.3. The molecule has 2 N–H and O–H groups in total. The van der Waals surface area contributed by atoms with Crippen molar-refractivity contribution in [1.82, 2.24) is 4.98 Å². The lowest BCUT2D eigenvalue weighted by atomic mass is 10.1. The zero-order valence-corrected chi connectivity index (χ0v) is 10.2. The Balaban J connectivity index is 2.58. The summed E-state index contributed by atoms with van der Waals surface area (Å²) in [6.45, 7) is 3.87. The van der Waals surface area contributed by atoms with Crippen LogP contribution in [0, 0.1) is 0 Å². The van der Waals surface area contributed by atoms with Gasteiger partial charge in [0.15, 0.2) is 0 Å². The van der Waals surface area contributed by atoms with Crippen molar-refractivity contribution in [2.24, 2.45) is 0 Å². The predicted molar refractivity (Wildman–Crippen MR) is 72.2 cm³/mol. The number of para-hydroxylation sites is 1. The standard InChI is InChI=1S/C13H11ClN2O2/c1-8(14)6-16-12-9-4-2-3-5-11(9)15-7-10(12)13(17)18/h2-5,7H,1,6H2,(H,15,16)(H,17,18). The molecule has 0 aliphatic carbocycles. The molecule has 4 nitrogen and oxygen atoms in total. The summed E-state index contributed by atoms with van der Waals surface area (Å²) < 4.78 is 0. The Labute approximate surface area is 109 Å². The molecule has 0 aliphatic rings. The van der Waals surface area contributed by atoms with E-state index in [1.165, 1.54) is 6.20 Å². The van der Waals surface area contributed by atoms with Gasteiger partial charge >= 0.3 is 5.97 Å². The molecule has 1 heterocycles. The lowest BCUT2D eigenvalue weighted by Crippen LogP contribution is -2.09. The zero-order valence-electron chi connectivity index (χ0n) is 9.48. The SMILES string of the molecule is C=C(Cl)CNc1c(C(=O)O)cnc2ccccc12. The molecule has 2 rings (SSSR count). The molecular formula is C13H11ClN2O2. The normalized spacial score (nSPS) is 10.3. The van der Waals surface area contributed by atoms with E-state index >= 15 is 0 Å². The first-order valence-electron chi connectivity index (χ1n) is 5.28. The zero-order chi connectivity index (χ0) is 13.1. The summed E-state index contributed by atoms with van der Waals surface area (Å²) in [5.41, 5.74) is 1.35. The van der Waals surface area contributed by atoms with Gasteiger partial charge in [-0.05, 0) is 6.07 Å². The van der Waals surface area contributed by atoms with Crippen LogP contribution in [0.5, 0.6) is 0 Å². The number of hydrogen-bond acceptors (Lipinski definition) is 3. The van der Waals surface area contributed by atoms with Crippen LogP contribution in [0.4, 0.5) is 5.69 Å². The lowest BCUT2D eigenvalue weighted by molar-refractivity contribution is 0.0697. The minimum absolute atomic E-state index is 0.117. The largest absolute Gasteiger partial charge is 0.478 e. The van der Waals surface area contributed by atoms with Crippen molar-refractivity contribution < 1.29 is 9.90 Å². The number of carboxylic acid groups (broad SMARTS) is 1. The molecule has 5 heteroatoms. The Morgan fingerprint density at radius 1 is 1.44 bits per heavy atom. The molecule has 0 spiro atoms. The first-order chi connectivity index (χ1) is 8.59. The number of hydrogen-bond donors (Lipinski definition) is 2. The number of carbonyl (C=O) groups is 1. The van der Waals surface area contributed by atoms with Crippen LogP contribution in [0.15, 0.2) is 42.1 Å². The summed E-state index contributed by atoms with van der Waals surface area (Å²) in [6, 6.07) is 7.31. The van der Waals surface area contributed by atoms with E-state index in [1.807, 2.05) is 24.3 Å². The van der Waals surface area contributed by atoms with Gasteiger partial charge in [0, 0.05) is 16.6 Å². The Kier molecular flexibility index (Phi) is 3.48. The van der Waals surface area contributed by atoms with E-state index in [2.05, 4.69) is 16.9 Å². The van der Waals surface area contributed by atoms with Crippen LogP contribution in [-0.2, 0) is 0 Å². The van der Waals surface area contributed by atoms with Gasteiger partial charge in [-0.15, -0.1) is 0 Å². The van der Waals surface area contributed by atoms with E-state index in [-0.39, 0.29) is 5.56 Å². The molecule has 18 heavy (non-hydrogen) atoms. The maximum absolute atomic E-state index is 11.2. The van der Waals surface area contributed by atoms with Crippen LogP contribution in [0.1, 0.15) is 10.4 Å². The maximum atomic E-state index is 11.2. The summed E-state index contributed by atoms with van der Waals surface area (Å²) in [6.07, 6.45) is 1.34. The van der Waals surface area contributed by atoms with E-state index in [0.29, 0.717) is 17.3 Å². The minimum Gasteiger partial charge on any atom is -0.478 e. The first-order valence-corrected chi connectivity index (χ1v) is 5.65. The number of halogens is 1. The number of pyridine rings is 1. The summed E-state index contributed by atoms with van der Waals surface area (Å²) in [7, 11) is 0. The van der Waals surface area contributed by atoms with E-state index in [0.717, 1.165) is 10.9 Å². The molecular weight excluding hydrogens is 252 g/mol. The van der Waals surface area contributed by atoms with Crippen molar-refractivity contribution in [3.05, 3.63) is 47.6 Å².